The summed E-state index contributed by atoms with van der Waals surface area (Å²) in [6.45, 7) is 9.13. The van der Waals surface area contributed by atoms with E-state index in [4.69, 9.17) is 0 Å². The molecule has 2 aliphatic carbocycles. The third-order valence-corrected chi connectivity index (χ3v) is 8.53. The van der Waals surface area contributed by atoms with E-state index in [1.54, 1.807) is 38.5 Å². The maximum absolute atomic E-state index is 13.6. The number of nitrogens with one attached hydrogen (secondary N) is 2. The van der Waals surface area contributed by atoms with E-state index in [1.165, 1.54) is 12.1 Å². The van der Waals surface area contributed by atoms with Crippen LogP contribution >= 0.6 is 0 Å². The Balaban J connectivity index is 1.57. The first-order chi connectivity index (χ1) is 17.3. The molecule has 4 unspecified atom stereocenters. The zero-order valence-electron chi connectivity index (χ0n) is 22.6. The van der Waals surface area contributed by atoms with Crippen molar-refractivity contribution in [1.82, 2.24) is 9.88 Å². The van der Waals surface area contributed by atoms with Crippen LogP contribution in [0.1, 0.15) is 90.0 Å². The van der Waals surface area contributed by atoms with Crippen molar-refractivity contribution in [1.29, 1.82) is 0 Å². The molecule has 0 saturated heterocycles. The smallest absolute Gasteiger partial charge is 0.294 e. The molecule has 0 spiro atoms. The predicted octanol–water partition coefficient (Wildman–Crippen LogP) is 4.75. The fourth-order valence-corrected chi connectivity index (χ4v) is 6.97. The Kier molecular flexibility index (Phi) is 7.10. The number of ketones is 1. The molecule has 2 saturated carbocycles. The summed E-state index contributed by atoms with van der Waals surface area (Å²) >= 11 is 0. The van der Waals surface area contributed by atoms with Gasteiger partial charge in [0.1, 0.15) is 5.82 Å². The maximum atomic E-state index is 13.6. The van der Waals surface area contributed by atoms with Gasteiger partial charge in [0.25, 0.3) is 17.6 Å². The predicted molar refractivity (Wildman–Crippen MR) is 140 cm³/mol. The minimum atomic E-state index is -0.825. The van der Waals surface area contributed by atoms with E-state index in [9.17, 15) is 23.9 Å². The highest BCUT2D eigenvalue weighted by atomic mass is 19.1. The van der Waals surface area contributed by atoms with Crippen LogP contribution in [-0.2, 0) is 11.8 Å². The van der Waals surface area contributed by atoms with Crippen LogP contribution in [-0.4, -0.2) is 38.4 Å². The lowest BCUT2D eigenvalue weighted by molar-refractivity contribution is -0.126. The second-order valence-corrected chi connectivity index (χ2v) is 11.5. The first-order valence-electron chi connectivity index (χ1n) is 13.1. The van der Waals surface area contributed by atoms with Crippen LogP contribution < -0.4 is 10.6 Å². The number of rotatable bonds is 6. The van der Waals surface area contributed by atoms with Gasteiger partial charge in [-0.1, -0.05) is 13.8 Å². The van der Waals surface area contributed by atoms with Crippen LogP contribution in [0.2, 0.25) is 0 Å². The highest BCUT2D eigenvalue weighted by Gasteiger charge is 2.51. The van der Waals surface area contributed by atoms with Gasteiger partial charge in [0, 0.05) is 24.0 Å². The number of aromatic nitrogens is 1. The lowest BCUT2D eigenvalue weighted by atomic mass is 9.59. The minimum absolute atomic E-state index is 0.157. The number of amides is 2. The van der Waals surface area contributed by atoms with Crippen LogP contribution in [0.4, 0.5) is 10.1 Å². The van der Waals surface area contributed by atoms with Crippen molar-refractivity contribution in [2.75, 3.05) is 5.32 Å². The van der Waals surface area contributed by atoms with Gasteiger partial charge in [-0.25, -0.2) is 4.39 Å². The molecule has 0 aliphatic heterocycles. The highest BCUT2D eigenvalue weighted by molar-refractivity contribution is 6.43. The van der Waals surface area contributed by atoms with E-state index in [0.717, 1.165) is 19.3 Å². The fraction of sp³-hybridized carbons (Fsp3) is 0.552. The van der Waals surface area contributed by atoms with Gasteiger partial charge in [-0.3, -0.25) is 14.4 Å². The van der Waals surface area contributed by atoms with Gasteiger partial charge in [0.05, 0.1) is 16.9 Å². The van der Waals surface area contributed by atoms with Gasteiger partial charge in [-0.2, -0.15) is 0 Å². The van der Waals surface area contributed by atoms with Gasteiger partial charge < -0.3 is 20.3 Å². The number of Topliss-reactive ketones (excluding diaryl/α,β-unsaturated/α-hetero) is 1. The number of benzene rings is 1. The number of fused-ring (bicyclic) bond motifs is 2. The molecule has 2 bridgehead atoms. The molecule has 4 atom stereocenters. The summed E-state index contributed by atoms with van der Waals surface area (Å²) in [6.07, 6.45) is 4.25. The van der Waals surface area contributed by atoms with Crippen molar-refractivity contribution in [2.45, 2.75) is 84.3 Å². The quantitative estimate of drug-likeness (QED) is 0.385. The summed E-state index contributed by atoms with van der Waals surface area (Å²) in [6, 6.07) is 4.31. The summed E-state index contributed by atoms with van der Waals surface area (Å²) in [4.78, 5) is 39.9. The van der Waals surface area contributed by atoms with Gasteiger partial charge >= 0.3 is 0 Å². The van der Waals surface area contributed by atoms with E-state index in [0.29, 0.717) is 59.2 Å². The molecule has 2 fully saturated rings. The molecule has 2 aliphatic rings. The fourth-order valence-electron chi connectivity index (χ4n) is 6.97. The van der Waals surface area contributed by atoms with E-state index in [-0.39, 0.29) is 11.5 Å². The number of anilines is 1. The molecule has 200 valence electrons. The molecular formula is C29H38FN3O4. The van der Waals surface area contributed by atoms with Crippen molar-refractivity contribution in [3.63, 3.8) is 0 Å². The molecular weight excluding hydrogens is 473 g/mol. The van der Waals surface area contributed by atoms with Gasteiger partial charge in [-0.05, 0) is 100 Å². The maximum Gasteiger partial charge on any atom is 0.294 e. The molecule has 2 amide bonds. The number of carbonyl (C=O) groups excluding carboxylic acids is 3. The van der Waals surface area contributed by atoms with Crippen LogP contribution in [0.5, 0.6) is 0 Å². The zero-order valence-corrected chi connectivity index (χ0v) is 22.6. The number of hydrogen-bond donors (Lipinski definition) is 3. The van der Waals surface area contributed by atoms with Crippen LogP contribution in [0.15, 0.2) is 18.2 Å². The number of aryl methyl sites for hydroxylation is 1. The number of nitrogens with zero attached hydrogens (tertiary/aromatic N) is 1. The lowest BCUT2D eigenvalue weighted by Crippen LogP contribution is -2.60. The topological polar surface area (TPSA) is 100 Å². The third-order valence-electron chi connectivity index (χ3n) is 8.53. The van der Waals surface area contributed by atoms with Crippen molar-refractivity contribution in [3.05, 3.63) is 52.1 Å². The van der Waals surface area contributed by atoms with Crippen LogP contribution in [0, 0.1) is 38.4 Å². The molecule has 1 aromatic carbocycles. The summed E-state index contributed by atoms with van der Waals surface area (Å²) in [5.41, 5.74) is 0.806. The summed E-state index contributed by atoms with van der Waals surface area (Å²) < 4.78 is 15.2. The van der Waals surface area contributed by atoms with E-state index < -0.39 is 28.7 Å². The first-order valence-corrected chi connectivity index (χ1v) is 13.1. The minimum Gasteiger partial charge on any atom is -0.390 e. The lowest BCUT2D eigenvalue weighted by Gasteiger charge is -2.53. The van der Waals surface area contributed by atoms with E-state index >= 15 is 0 Å². The van der Waals surface area contributed by atoms with Crippen LogP contribution in [0.3, 0.4) is 0 Å². The number of carbonyl (C=O) groups is 3. The first kappa shape index (κ1) is 27.0. The Labute approximate surface area is 217 Å². The van der Waals surface area contributed by atoms with Crippen molar-refractivity contribution in [3.8, 4) is 0 Å². The Hall–Kier alpha value is -3.00. The van der Waals surface area contributed by atoms with E-state index in [1.807, 2.05) is 6.92 Å². The average molecular weight is 512 g/mol. The molecule has 3 N–H and O–H groups in total. The van der Waals surface area contributed by atoms with Crippen molar-refractivity contribution >= 4 is 23.3 Å². The van der Waals surface area contributed by atoms with E-state index in [2.05, 4.69) is 17.6 Å². The largest absolute Gasteiger partial charge is 0.390 e. The number of hydrogen-bond acceptors (Lipinski definition) is 4. The molecule has 1 aromatic heterocycles. The summed E-state index contributed by atoms with van der Waals surface area (Å²) in [7, 11) is 1.66. The summed E-state index contributed by atoms with van der Waals surface area (Å²) in [5, 5.41) is 17.0. The van der Waals surface area contributed by atoms with Crippen LogP contribution in [0.25, 0.3) is 0 Å². The summed E-state index contributed by atoms with van der Waals surface area (Å²) in [5.74, 6) is -1.47. The Morgan fingerprint density at radius 3 is 2.49 bits per heavy atom. The number of aliphatic hydroxyl groups is 1. The van der Waals surface area contributed by atoms with Crippen molar-refractivity contribution in [2.24, 2.45) is 18.9 Å². The third kappa shape index (κ3) is 5.08. The molecule has 0 radical (unpaired) electrons. The molecule has 8 heteroatoms. The van der Waals surface area contributed by atoms with Gasteiger partial charge in [0.15, 0.2) is 0 Å². The van der Waals surface area contributed by atoms with Crippen molar-refractivity contribution < 1.29 is 23.9 Å². The SMILES string of the molecule is CCC1(NC(=O)C(=O)c2c(C)c(C(=O)Nc3ccc(F)c(C)c3)c(C)n2C)CC2CC(C)CC(O)(C2)C1. The zero-order chi connectivity index (χ0) is 27.3. The Bertz CT molecular complexity index is 1260. The Morgan fingerprint density at radius 1 is 1.16 bits per heavy atom. The highest BCUT2D eigenvalue weighted by Crippen LogP contribution is 2.49. The molecule has 1 heterocycles. The molecule has 37 heavy (non-hydrogen) atoms. The monoisotopic (exact) mass is 511 g/mol. The van der Waals surface area contributed by atoms with Gasteiger partial charge in [-0.15, -0.1) is 0 Å². The van der Waals surface area contributed by atoms with Gasteiger partial charge in [0.2, 0.25) is 0 Å². The molecule has 4 rings (SSSR count). The molecule has 2 aromatic rings. The second kappa shape index (κ2) is 9.71. The standard InChI is InChI=1S/C29H38FN3O4/c1-7-28(13-20-10-16(2)12-29(37,14-20)15-28)32-27(36)25(34)24-18(4)23(19(5)33(24)6)26(35)31-21-8-9-22(30)17(3)11-21/h8-9,11,16,20,37H,7,10,12-15H2,1-6H3,(H,31,35)(H,32,36). The Morgan fingerprint density at radius 2 is 1.86 bits per heavy atom. The average Bonchev–Trinajstić information content (AvgIpc) is 3.02. The number of halogens is 1. The molecule has 7 nitrogen and oxygen atoms in total. The normalized spacial score (nSPS) is 27.0. The second-order valence-electron chi connectivity index (χ2n) is 11.5.